The molecule has 2 aromatic heterocycles. The molecule has 0 radical (unpaired) electrons. The van der Waals surface area contributed by atoms with Crippen molar-refractivity contribution in [1.29, 1.82) is 0 Å². The molecule has 0 saturated heterocycles. The van der Waals surface area contributed by atoms with E-state index >= 15 is 0 Å². The Morgan fingerprint density at radius 2 is 1.96 bits per heavy atom. The van der Waals surface area contributed by atoms with Crippen LogP contribution in [0.4, 0.5) is 13.2 Å². The first-order chi connectivity index (χ1) is 13.3. The van der Waals surface area contributed by atoms with Crippen LogP contribution < -0.4 is 0 Å². The number of nitrogens with zero attached hydrogens (tertiary/aromatic N) is 4. The summed E-state index contributed by atoms with van der Waals surface area (Å²) in [7, 11) is 0. The van der Waals surface area contributed by atoms with Crippen LogP contribution >= 0.6 is 23.4 Å². The Labute approximate surface area is 169 Å². The van der Waals surface area contributed by atoms with E-state index in [-0.39, 0.29) is 5.02 Å². The number of thioether (sulfide) groups is 1. The molecule has 4 nitrogen and oxygen atoms in total. The fourth-order valence-corrected chi connectivity index (χ4v) is 3.68. The fraction of sp³-hybridized carbons (Fsp3) is 0.211. The van der Waals surface area contributed by atoms with Crippen LogP contribution in [0, 0.1) is 0 Å². The summed E-state index contributed by atoms with van der Waals surface area (Å²) in [6.07, 6.45) is -1.96. The highest BCUT2D eigenvalue weighted by molar-refractivity contribution is 7.99. The number of halogens is 4. The maximum Gasteiger partial charge on any atom is 0.417 e. The molecule has 2 heterocycles. The van der Waals surface area contributed by atoms with E-state index in [9.17, 15) is 13.2 Å². The molecule has 3 rings (SSSR count). The molecule has 0 fully saturated rings. The van der Waals surface area contributed by atoms with Gasteiger partial charge in [0, 0.05) is 17.6 Å². The van der Waals surface area contributed by atoms with Crippen LogP contribution in [0.25, 0.3) is 5.69 Å². The quantitative estimate of drug-likeness (QED) is 0.372. The monoisotopic (exact) mass is 424 g/mol. The number of para-hydroxylation sites is 1. The average molecular weight is 425 g/mol. The van der Waals surface area contributed by atoms with E-state index in [1.54, 1.807) is 13.0 Å². The van der Waals surface area contributed by atoms with Gasteiger partial charge in [0.05, 0.1) is 22.2 Å². The normalized spacial score (nSPS) is 12.8. The molecule has 0 amide bonds. The minimum Gasteiger partial charge on any atom is -0.273 e. The highest BCUT2D eigenvalue weighted by Crippen LogP contribution is 2.35. The van der Waals surface area contributed by atoms with Crippen molar-refractivity contribution in [2.75, 3.05) is 5.75 Å². The van der Waals surface area contributed by atoms with Crippen LogP contribution in [-0.2, 0) is 6.18 Å². The third-order valence-electron chi connectivity index (χ3n) is 4.00. The number of aromatic nitrogens is 4. The van der Waals surface area contributed by atoms with Crippen molar-refractivity contribution < 1.29 is 13.2 Å². The molecule has 28 heavy (non-hydrogen) atoms. The SMILES string of the molecule is C=CCSc1nnc([C@@H](C)c2ncc(C(F)(F)F)cc2Cl)n1-c1ccccc1. The Balaban J connectivity index is 2.06. The number of hydrogen-bond donors (Lipinski definition) is 0. The van der Waals surface area contributed by atoms with Gasteiger partial charge >= 0.3 is 6.18 Å². The molecular formula is C19H16ClF3N4S. The van der Waals surface area contributed by atoms with Gasteiger partial charge < -0.3 is 0 Å². The van der Waals surface area contributed by atoms with Crippen LogP contribution in [0.5, 0.6) is 0 Å². The summed E-state index contributed by atoms with van der Waals surface area (Å²) in [5.41, 5.74) is 0.253. The van der Waals surface area contributed by atoms with Gasteiger partial charge in [0.25, 0.3) is 0 Å². The first-order valence-electron chi connectivity index (χ1n) is 8.30. The fourth-order valence-electron chi connectivity index (χ4n) is 2.65. The lowest BCUT2D eigenvalue weighted by atomic mass is 10.0. The predicted octanol–water partition coefficient (Wildman–Crippen LogP) is 5.76. The van der Waals surface area contributed by atoms with E-state index in [1.165, 1.54) is 11.8 Å². The summed E-state index contributed by atoms with van der Waals surface area (Å²) in [6.45, 7) is 5.49. The largest absolute Gasteiger partial charge is 0.417 e. The number of rotatable bonds is 6. The van der Waals surface area contributed by atoms with Gasteiger partial charge in [-0.25, -0.2) is 0 Å². The van der Waals surface area contributed by atoms with Crippen LogP contribution in [0.2, 0.25) is 5.02 Å². The number of benzene rings is 1. The molecule has 1 atom stereocenters. The summed E-state index contributed by atoms with van der Waals surface area (Å²) in [4.78, 5) is 3.97. The molecule has 0 bridgehead atoms. The summed E-state index contributed by atoms with van der Waals surface area (Å²) in [5, 5.41) is 9.10. The molecule has 3 aromatic rings. The van der Waals surface area contributed by atoms with Gasteiger partial charge in [-0.3, -0.25) is 9.55 Å². The van der Waals surface area contributed by atoms with Gasteiger partial charge in [-0.2, -0.15) is 13.2 Å². The molecule has 146 valence electrons. The zero-order valence-electron chi connectivity index (χ0n) is 14.8. The Hall–Kier alpha value is -2.32. The third kappa shape index (κ3) is 4.23. The minimum atomic E-state index is -4.50. The lowest BCUT2D eigenvalue weighted by Gasteiger charge is -2.16. The maximum absolute atomic E-state index is 12.9. The lowest BCUT2D eigenvalue weighted by Crippen LogP contribution is -2.11. The summed E-state index contributed by atoms with van der Waals surface area (Å²) in [5.74, 6) is 0.700. The summed E-state index contributed by atoms with van der Waals surface area (Å²) < 4.78 is 40.5. The number of hydrogen-bond acceptors (Lipinski definition) is 4. The standard InChI is InChI=1S/C19H16ClF3N4S/c1-3-9-28-18-26-25-17(27(18)14-7-5-4-6-8-14)12(2)16-15(20)10-13(11-24-16)19(21,22)23/h3-8,10-12H,1,9H2,2H3/t12-/m0/s1. The van der Waals surface area contributed by atoms with Crippen LogP contribution in [0.15, 0.2) is 60.4 Å². The van der Waals surface area contributed by atoms with Gasteiger partial charge in [-0.1, -0.05) is 47.6 Å². The average Bonchev–Trinajstić information content (AvgIpc) is 3.09. The van der Waals surface area contributed by atoms with E-state index in [2.05, 4.69) is 21.8 Å². The Bertz CT molecular complexity index is 973. The first-order valence-corrected chi connectivity index (χ1v) is 9.66. The highest BCUT2D eigenvalue weighted by atomic mass is 35.5. The van der Waals surface area contributed by atoms with Crippen molar-refractivity contribution in [2.24, 2.45) is 0 Å². The van der Waals surface area contributed by atoms with E-state index in [0.29, 0.717) is 22.4 Å². The minimum absolute atomic E-state index is 0.0646. The van der Waals surface area contributed by atoms with E-state index in [0.717, 1.165) is 18.0 Å². The van der Waals surface area contributed by atoms with Crippen molar-refractivity contribution in [3.63, 3.8) is 0 Å². The molecule has 0 N–H and O–H groups in total. The Morgan fingerprint density at radius 3 is 2.57 bits per heavy atom. The Kier molecular flexibility index (Phi) is 6.10. The highest BCUT2D eigenvalue weighted by Gasteiger charge is 2.32. The second-order valence-corrected chi connectivity index (χ2v) is 7.32. The lowest BCUT2D eigenvalue weighted by molar-refractivity contribution is -0.137. The van der Waals surface area contributed by atoms with E-state index < -0.39 is 17.7 Å². The molecule has 0 aliphatic carbocycles. The molecule has 0 aliphatic heterocycles. The van der Waals surface area contributed by atoms with Crippen molar-refractivity contribution in [3.05, 3.63) is 77.4 Å². The smallest absolute Gasteiger partial charge is 0.273 e. The van der Waals surface area contributed by atoms with E-state index in [1.807, 2.05) is 34.9 Å². The first kappa shape index (κ1) is 20.4. The van der Waals surface area contributed by atoms with Gasteiger partial charge in [0.2, 0.25) is 0 Å². The van der Waals surface area contributed by atoms with Crippen molar-refractivity contribution >= 4 is 23.4 Å². The molecule has 9 heteroatoms. The second-order valence-electron chi connectivity index (χ2n) is 5.92. The summed E-state index contributed by atoms with van der Waals surface area (Å²) in [6, 6.07) is 10.3. The van der Waals surface area contributed by atoms with Gasteiger partial charge in [0.1, 0.15) is 5.82 Å². The maximum atomic E-state index is 12.9. The Morgan fingerprint density at radius 1 is 1.25 bits per heavy atom. The zero-order valence-corrected chi connectivity index (χ0v) is 16.4. The van der Waals surface area contributed by atoms with Crippen LogP contribution in [0.3, 0.4) is 0 Å². The molecule has 1 aromatic carbocycles. The van der Waals surface area contributed by atoms with Crippen LogP contribution in [-0.4, -0.2) is 25.5 Å². The molecule has 0 saturated carbocycles. The zero-order chi connectivity index (χ0) is 20.3. The van der Waals surface area contributed by atoms with Gasteiger partial charge in [-0.05, 0) is 25.1 Å². The number of alkyl halides is 3. The van der Waals surface area contributed by atoms with Crippen LogP contribution in [0.1, 0.15) is 29.9 Å². The molecule has 0 unspecified atom stereocenters. The van der Waals surface area contributed by atoms with Crippen molar-refractivity contribution in [1.82, 2.24) is 19.7 Å². The molecule has 0 aliphatic rings. The van der Waals surface area contributed by atoms with Gasteiger partial charge in [-0.15, -0.1) is 16.8 Å². The van der Waals surface area contributed by atoms with Crippen molar-refractivity contribution in [2.45, 2.75) is 24.2 Å². The molecule has 0 spiro atoms. The third-order valence-corrected chi connectivity index (χ3v) is 5.23. The number of pyridine rings is 1. The van der Waals surface area contributed by atoms with E-state index in [4.69, 9.17) is 11.6 Å². The van der Waals surface area contributed by atoms with Gasteiger partial charge in [0.15, 0.2) is 5.16 Å². The van der Waals surface area contributed by atoms with Crippen molar-refractivity contribution in [3.8, 4) is 5.69 Å². The second kappa shape index (κ2) is 8.36. The predicted molar refractivity (Wildman–Crippen MR) is 104 cm³/mol. The topological polar surface area (TPSA) is 43.6 Å². The summed E-state index contributed by atoms with van der Waals surface area (Å²) >= 11 is 7.59. The molecular weight excluding hydrogens is 409 g/mol.